The Kier molecular flexibility index (Phi) is 5.03. The first-order valence-corrected chi connectivity index (χ1v) is 8.32. The van der Waals surface area contributed by atoms with Crippen LogP contribution in [0.2, 0.25) is 0 Å². The molecule has 1 aromatic heterocycles. The smallest absolute Gasteiger partial charge is 0.343 e. The van der Waals surface area contributed by atoms with Crippen LogP contribution in [0.5, 0.6) is 11.5 Å². The lowest BCUT2D eigenvalue weighted by molar-refractivity contribution is -0.124. The van der Waals surface area contributed by atoms with Gasteiger partial charge in [-0.05, 0) is 36.2 Å². The molecular weight excluding hydrogens is 346 g/mol. The molecule has 1 aliphatic rings. The van der Waals surface area contributed by atoms with E-state index in [9.17, 15) is 9.59 Å². The maximum atomic E-state index is 12.1. The summed E-state index contributed by atoms with van der Waals surface area (Å²) in [6.07, 6.45) is 0. The van der Waals surface area contributed by atoms with Gasteiger partial charge in [0.05, 0.1) is 5.69 Å². The van der Waals surface area contributed by atoms with Gasteiger partial charge in [0, 0.05) is 13.6 Å². The predicted molar refractivity (Wildman–Crippen MR) is 91.1 cm³/mol. The third-order valence-corrected chi connectivity index (χ3v) is 4.51. The molecule has 1 aromatic carbocycles. The molecule has 0 radical (unpaired) electrons. The van der Waals surface area contributed by atoms with E-state index in [1.54, 1.807) is 26.1 Å². The van der Waals surface area contributed by atoms with Gasteiger partial charge in [-0.3, -0.25) is 4.79 Å². The molecule has 1 aliphatic heterocycles. The van der Waals surface area contributed by atoms with Crippen LogP contribution < -0.4 is 20.1 Å². The van der Waals surface area contributed by atoms with Crippen molar-refractivity contribution in [2.75, 3.05) is 25.8 Å². The number of aryl methyl sites for hydroxylation is 1. The molecule has 25 heavy (non-hydrogen) atoms. The third kappa shape index (κ3) is 3.82. The molecule has 2 aromatic rings. The summed E-state index contributed by atoms with van der Waals surface area (Å²) in [5.41, 5.74) is 1.79. The second-order valence-electron chi connectivity index (χ2n) is 5.26. The zero-order valence-electron chi connectivity index (χ0n) is 13.8. The van der Waals surface area contributed by atoms with Gasteiger partial charge in [0.1, 0.15) is 10.6 Å². The number of fused-ring (bicyclic) bond motifs is 1. The minimum Gasteiger partial charge on any atom is -0.454 e. The summed E-state index contributed by atoms with van der Waals surface area (Å²) < 4.78 is 19.7. The number of amides is 1. The number of rotatable bonds is 6. The lowest BCUT2D eigenvalue weighted by Gasteiger charge is -2.08. The fraction of sp³-hybridized carbons (Fsp3) is 0.312. The van der Waals surface area contributed by atoms with E-state index in [2.05, 4.69) is 15.0 Å². The number of benzene rings is 1. The molecule has 0 spiro atoms. The van der Waals surface area contributed by atoms with Crippen LogP contribution in [0, 0.1) is 6.92 Å². The molecule has 3 rings (SSSR count). The number of nitrogens with one attached hydrogen (secondary N) is 2. The lowest BCUT2D eigenvalue weighted by Crippen LogP contribution is -2.28. The molecule has 0 fully saturated rings. The summed E-state index contributed by atoms with van der Waals surface area (Å²) in [4.78, 5) is 24.0. The first-order chi connectivity index (χ1) is 12.1. The second-order valence-corrected chi connectivity index (χ2v) is 6.04. The van der Waals surface area contributed by atoms with Gasteiger partial charge in [-0.15, -0.1) is 0 Å². The van der Waals surface area contributed by atoms with Crippen molar-refractivity contribution in [2.24, 2.45) is 0 Å². The SMILES string of the molecule is CNc1snc(C)c1C(=O)OCC(=O)NCc1ccc2c(c1)OCO2. The highest BCUT2D eigenvalue weighted by Gasteiger charge is 2.20. The average molecular weight is 363 g/mol. The first kappa shape index (κ1) is 17.0. The molecule has 0 aliphatic carbocycles. The highest BCUT2D eigenvalue weighted by Crippen LogP contribution is 2.32. The third-order valence-electron chi connectivity index (χ3n) is 3.55. The van der Waals surface area contributed by atoms with Crippen molar-refractivity contribution >= 4 is 28.4 Å². The Morgan fingerprint density at radius 3 is 2.92 bits per heavy atom. The van der Waals surface area contributed by atoms with E-state index < -0.39 is 11.9 Å². The van der Waals surface area contributed by atoms with Gasteiger partial charge >= 0.3 is 5.97 Å². The van der Waals surface area contributed by atoms with Gasteiger partial charge in [0.25, 0.3) is 5.91 Å². The van der Waals surface area contributed by atoms with Crippen LogP contribution >= 0.6 is 11.5 Å². The zero-order chi connectivity index (χ0) is 17.8. The minimum atomic E-state index is -0.575. The highest BCUT2D eigenvalue weighted by atomic mass is 32.1. The van der Waals surface area contributed by atoms with Crippen LogP contribution in [0.4, 0.5) is 5.00 Å². The molecule has 2 N–H and O–H groups in total. The number of hydrogen-bond donors (Lipinski definition) is 2. The Hall–Kier alpha value is -2.81. The molecule has 0 bridgehead atoms. The van der Waals surface area contributed by atoms with Crippen molar-refractivity contribution in [3.8, 4) is 11.5 Å². The Labute approximate surface area is 148 Å². The van der Waals surface area contributed by atoms with Crippen molar-refractivity contribution in [1.29, 1.82) is 0 Å². The molecule has 0 unspecified atom stereocenters. The van der Waals surface area contributed by atoms with E-state index in [0.29, 0.717) is 34.3 Å². The topological polar surface area (TPSA) is 98.8 Å². The van der Waals surface area contributed by atoms with Crippen molar-refractivity contribution in [3.63, 3.8) is 0 Å². The molecule has 0 saturated heterocycles. The Balaban J connectivity index is 1.49. The molecule has 2 heterocycles. The number of ether oxygens (including phenoxy) is 3. The van der Waals surface area contributed by atoms with Gasteiger partial charge in [-0.2, -0.15) is 4.37 Å². The van der Waals surface area contributed by atoms with Crippen molar-refractivity contribution in [3.05, 3.63) is 35.0 Å². The lowest BCUT2D eigenvalue weighted by atomic mass is 10.2. The number of carbonyl (C=O) groups excluding carboxylic acids is 2. The number of esters is 1. The second kappa shape index (κ2) is 7.39. The van der Waals surface area contributed by atoms with Gasteiger partial charge < -0.3 is 24.8 Å². The molecule has 9 heteroatoms. The largest absolute Gasteiger partial charge is 0.454 e. The van der Waals surface area contributed by atoms with Gasteiger partial charge in [-0.25, -0.2) is 4.79 Å². The Bertz CT molecular complexity index is 805. The maximum Gasteiger partial charge on any atom is 0.343 e. The average Bonchev–Trinajstić information content (AvgIpc) is 3.23. The standard InChI is InChI=1S/C16H17N3O5S/c1-9-14(15(17-2)25-19-9)16(21)22-7-13(20)18-6-10-3-4-11-12(5-10)24-8-23-11/h3-5,17H,6-8H2,1-2H3,(H,18,20). The minimum absolute atomic E-state index is 0.201. The first-order valence-electron chi connectivity index (χ1n) is 7.55. The fourth-order valence-corrected chi connectivity index (χ4v) is 3.02. The summed E-state index contributed by atoms with van der Waals surface area (Å²) in [5.74, 6) is 0.369. The van der Waals surface area contributed by atoms with E-state index >= 15 is 0 Å². The van der Waals surface area contributed by atoms with Crippen molar-refractivity contribution < 1.29 is 23.8 Å². The fourth-order valence-electron chi connectivity index (χ4n) is 2.29. The van der Waals surface area contributed by atoms with E-state index in [-0.39, 0.29) is 13.4 Å². The quantitative estimate of drug-likeness (QED) is 0.754. The predicted octanol–water partition coefficient (Wildman–Crippen LogP) is 1.70. The van der Waals surface area contributed by atoms with Crippen LogP contribution in [0.25, 0.3) is 0 Å². The normalized spacial score (nSPS) is 11.9. The van der Waals surface area contributed by atoms with E-state index in [4.69, 9.17) is 14.2 Å². The number of carbonyl (C=O) groups is 2. The van der Waals surface area contributed by atoms with Gasteiger partial charge in [0.2, 0.25) is 6.79 Å². The number of anilines is 1. The maximum absolute atomic E-state index is 12.1. The van der Waals surface area contributed by atoms with Crippen molar-refractivity contribution in [1.82, 2.24) is 9.69 Å². The zero-order valence-corrected chi connectivity index (χ0v) is 14.6. The molecule has 8 nitrogen and oxygen atoms in total. The molecule has 1 amide bonds. The molecule has 132 valence electrons. The molecule has 0 atom stereocenters. The van der Waals surface area contributed by atoms with Gasteiger partial charge in [-0.1, -0.05) is 6.07 Å². The number of aromatic nitrogens is 1. The summed E-state index contributed by atoms with van der Waals surface area (Å²) >= 11 is 1.17. The van der Waals surface area contributed by atoms with Gasteiger partial charge in [0.15, 0.2) is 18.1 Å². The summed E-state index contributed by atoms with van der Waals surface area (Å²) in [6, 6.07) is 5.42. The van der Waals surface area contributed by atoms with E-state index in [1.165, 1.54) is 11.5 Å². The van der Waals surface area contributed by atoms with Crippen LogP contribution in [0.3, 0.4) is 0 Å². The summed E-state index contributed by atoms with van der Waals surface area (Å²) in [6.45, 7) is 1.86. The van der Waals surface area contributed by atoms with E-state index in [0.717, 1.165) is 5.56 Å². The number of nitrogens with zero attached hydrogens (tertiary/aromatic N) is 1. The Morgan fingerprint density at radius 2 is 2.12 bits per heavy atom. The Morgan fingerprint density at radius 1 is 1.32 bits per heavy atom. The monoisotopic (exact) mass is 363 g/mol. The van der Waals surface area contributed by atoms with Crippen LogP contribution in [-0.4, -0.2) is 36.7 Å². The van der Waals surface area contributed by atoms with Crippen molar-refractivity contribution in [2.45, 2.75) is 13.5 Å². The summed E-state index contributed by atoms with van der Waals surface area (Å²) in [7, 11) is 1.70. The number of hydrogen-bond acceptors (Lipinski definition) is 8. The van der Waals surface area contributed by atoms with Crippen LogP contribution in [0.1, 0.15) is 21.6 Å². The molecule has 0 saturated carbocycles. The molecular formula is C16H17N3O5S. The van der Waals surface area contributed by atoms with Crippen LogP contribution in [-0.2, 0) is 16.1 Å². The van der Waals surface area contributed by atoms with Crippen LogP contribution in [0.15, 0.2) is 18.2 Å². The summed E-state index contributed by atoms with van der Waals surface area (Å²) in [5, 5.41) is 6.19. The highest BCUT2D eigenvalue weighted by molar-refractivity contribution is 7.10. The van der Waals surface area contributed by atoms with E-state index in [1.807, 2.05) is 6.07 Å².